The van der Waals surface area contributed by atoms with Crippen LogP contribution in [0.3, 0.4) is 0 Å². The Bertz CT molecular complexity index is 627. The molecule has 0 unspecified atom stereocenters. The Kier molecular flexibility index (Phi) is 5.09. The average Bonchev–Trinajstić information content (AvgIpc) is 2.48. The van der Waals surface area contributed by atoms with Gasteiger partial charge in [-0.1, -0.05) is 62.2 Å². The lowest BCUT2D eigenvalue weighted by Crippen LogP contribution is -2.16. The fourth-order valence-corrected chi connectivity index (χ4v) is 2.20. The number of carbonyl (C=O) groups is 2. The van der Waals surface area contributed by atoms with Crippen LogP contribution in [-0.4, -0.2) is 15.4 Å². The number of ketones is 1. The summed E-state index contributed by atoms with van der Waals surface area (Å²) in [4.78, 5) is 24.2. The minimum Gasteiger partial charge on any atom is -0.321 e. The van der Waals surface area contributed by atoms with Crippen molar-refractivity contribution in [3.05, 3.63) is 65.7 Å². The van der Waals surface area contributed by atoms with Gasteiger partial charge in [0.15, 0.2) is 5.78 Å². The summed E-state index contributed by atoms with van der Waals surface area (Å²) in [6.45, 7) is 0. The number of benzene rings is 2. The second-order valence-corrected chi connectivity index (χ2v) is 7.09. The Morgan fingerprint density at radius 2 is 1.50 bits per heavy atom. The van der Waals surface area contributed by atoms with Crippen molar-refractivity contribution in [2.45, 2.75) is 3.74 Å². The van der Waals surface area contributed by atoms with E-state index in [1.807, 2.05) is 6.07 Å². The van der Waals surface area contributed by atoms with Crippen molar-refractivity contribution in [2.24, 2.45) is 0 Å². The van der Waals surface area contributed by atoms with E-state index in [0.29, 0.717) is 16.8 Å². The normalized spacial score (nSPS) is 10.3. The first-order valence-electron chi connectivity index (χ1n) is 5.87. The number of hydrogen-bond donors (Lipinski definition) is 1. The number of nitrogens with one attached hydrogen (secondary N) is 1. The molecule has 2 aromatic carbocycles. The van der Waals surface area contributed by atoms with E-state index in [1.54, 1.807) is 48.5 Å². The molecule has 0 fully saturated rings. The Hall–Kier alpha value is -1.46. The average molecular weight is 397 g/mol. The molecule has 1 N–H and O–H groups in total. The van der Waals surface area contributed by atoms with Gasteiger partial charge in [0.1, 0.15) is 3.74 Å². The summed E-state index contributed by atoms with van der Waals surface area (Å²) in [5, 5.41) is 2.76. The molecule has 0 atom stereocenters. The predicted molar refractivity (Wildman–Crippen MR) is 86.8 cm³/mol. The highest BCUT2D eigenvalue weighted by molar-refractivity contribution is 9.25. The molecule has 0 spiro atoms. The molecule has 0 aromatic heterocycles. The van der Waals surface area contributed by atoms with Gasteiger partial charge in [0.25, 0.3) is 5.91 Å². The first-order chi connectivity index (χ1) is 9.59. The fraction of sp³-hybridized carbons (Fsp3) is 0.0667. The molecule has 20 heavy (non-hydrogen) atoms. The van der Waals surface area contributed by atoms with Crippen molar-refractivity contribution >= 4 is 49.2 Å². The lowest BCUT2D eigenvalue weighted by Gasteiger charge is -2.10. The summed E-state index contributed by atoms with van der Waals surface area (Å²) in [5.41, 5.74) is 1.50. The molecule has 2 rings (SSSR count). The summed E-state index contributed by atoms with van der Waals surface area (Å²) in [6.07, 6.45) is 0. The van der Waals surface area contributed by atoms with Crippen molar-refractivity contribution in [3.63, 3.8) is 0 Å². The number of amides is 1. The second-order valence-electron chi connectivity index (χ2n) is 4.03. The largest absolute Gasteiger partial charge is 0.321 e. The SMILES string of the molecule is O=C(Nc1ccccc1C(=O)C(Br)Br)c1ccccc1. The van der Waals surface area contributed by atoms with Crippen molar-refractivity contribution in [3.8, 4) is 0 Å². The maximum atomic E-state index is 12.1. The molecule has 0 aliphatic carbocycles. The molecule has 0 aliphatic heterocycles. The first-order valence-corrected chi connectivity index (χ1v) is 7.70. The monoisotopic (exact) mass is 395 g/mol. The van der Waals surface area contributed by atoms with Crippen molar-refractivity contribution in [2.75, 3.05) is 5.32 Å². The number of halogens is 2. The van der Waals surface area contributed by atoms with Gasteiger partial charge in [0.05, 0.1) is 5.69 Å². The molecule has 0 radical (unpaired) electrons. The highest BCUT2D eigenvalue weighted by atomic mass is 79.9. The molecule has 5 heteroatoms. The molecule has 1 amide bonds. The van der Waals surface area contributed by atoms with Gasteiger partial charge >= 0.3 is 0 Å². The third-order valence-electron chi connectivity index (χ3n) is 2.67. The molecule has 0 aliphatic rings. The molecular formula is C15H11Br2NO2. The van der Waals surface area contributed by atoms with E-state index in [9.17, 15) is 9.59 Å². The maximum absolute atomic E-state index is 12.1. The van der Waals surface area contributed by atoms with Gasteiger partial charge in [-0.15, -0.1) is 0 Å². The third-order valence-corrected chi connectivity index (χ3v) is 3.51. The summed E-state index contributed by atoms with van der Waals surface area (Å²) in [6, 6.07) is 15.8. The number of alkyl halides is 2. The minimum absolute atomic E-state index is 0.144. The second kappa shape index (κ2) is 6.81. The zero-order valence-electron chi connectivity index (χ0n) is 10.3. The standard InChI is InChI=1S/C15H11Br2NO2/c16-14(17)13(19)11-8-4-5-9-12(11)18-15(20)10-6-2-1-3-7-10/h1-9,14H,(H,18,20). The van der Waals surface area contributed by atoms with Gasteiger partial charge in [0, 0.05) is 11.1 Å². The molecule has 0 bridgehead atoms. The van der Waals surface area contributed by atoms with Crippen LogP contribution in [0.25, 0.3) is 0 Å². The number of para-hydroxylation sites is 1. The highest BCUT2D eigenvalue weighted by Gasteiger charge is 2.18. The Labute approximate surface area is 133 Å². The van der Waals surface area contributed by atoms with E-state index in [0.717, 1.165) is 0 Å². The number of hydrogen-bond acceptors (Lipinski definition) is 2. The van der Waals surface area contributed by atoms with Crippen LogP contribution in [0.15, 0.2) is 54.6 Å². The zero-order chi connectivity index (χ0) is 14.5. The predicted octanol–water partition coefficient (Wildman–Crippen LogP) is 4.24. The minimum atomic E-state index is -0.482. The van der Waals surface area contributed by atoms with Crippen LogP contribution >= 0.6 is 31.9 Å². The van der Waals surface area contributed by atoms with E-state index in [2.05, 4.69) is 37.2 Å². The molecule has 0 saturated carbocycles. The molecule has 3 nitrogen and oxygen atoms in total. The van der Waals surface area contributed by atoms with Crippen molar-refractivity contribution in [1.29, 1.82) is 0 Å². The summed E-state index contributed by atoms with van der Waals surface area (Å²) >= 11 is 6.35. The van der Waals surface area contributed by atoms with Crippen LogP contribution in [0.1, 0.15) is 20.7 Å². The van der Waals surface area contributed by atoms with Crippen LogP contribution in [-0.2, 0) is 0 Å². The third kappa shape index (κ3) is 3.55. The molecule has 0 saturated heterocycles. The summed E-state index contributed by atoms with van der Waals surface area (Å²) in [5.74, 6) is -0.388. The zero-order valence-corrected chi connectivity index (χ0v) is 13.5. The summed E-state index contributed by atoms with van der Waals surface area (Å²) < 4.78 is -0.482. The molecule has 0 heterocycles. The molecular weight excluding hydrogens is 386 g/mol. The number of rotatable bonds is 4. The van der Waals surface area contributed by atoms with Crippen LogP contribution < -0.4 is 5.32 Å². The van der Waals surface area contributed by atoms with Crippen LogP contribution in [0.2, 0.25) is 0 Å². The lowest BCUT2D eigenvalue weighted by molar-refractivity contribution is 0.101. The topological polar surface area (TPSA) is 46.2 Å². The van der Waals surface area contributed by atoms with E-state index in [4.69, 9.17) is 0 Å². The van der Waals surface area contributed by atoms with Crippen LogP contribution in [0.4, 0.5) is 5.69 Å². The highest BCUT2D eigenvalue weighted by Crippen LogP contribution is 2.22. The lowest BCUT2D eigenvalue weighted by atomic mass is 10.1. The van der Waals surface area contributed by atoms with E-state index in [-0.39, 0.29) is 11.7 Å². The van der Waals surface area contributed by atoms with Crippen LogP contribution in [0.5, 0.6) is 0 Å². The Morgan fingerprint density at radius 1 is 0.900 bits per heavy atom. The van der Waals surface area contributed by atoms with E-state index < -0.39 is 3.74 Å². The van der Waals surface area contributed by atoms with Gasteiger partial charge in [-0.05, 0) is 24.3 Å². The Morgan fingerprint density at radius 3 is 2.15 bits per heavy atom. The van der Waals surface area contributed by atoms with E-state index >= 15 is 0 Å². The van der Waals surface area contributed by atoms with Gasteiger partial charge in [-0.25, -0.2) is 0 Å². The van der Waals surface area contributed by atoms with E-state index in [1.165, 1.54) is 0 Å². The van der Waals surface area contributed by atoms with Gasteiger partial charge < -0.3 is 5.32 Å². The van der Waals surface area contributed by atoms with Crippen LogP contribution in [0, 0.1) is 0 Å². The van der Waals surface area contributed by atoms with Gasteiger partial charge in [-0.2, -0.15) is 0 Å². The Balaban J connectivity index is 2.26. The summed E-state index contributed by atoms with van der Waals surface area (Å²) in [7, 11) is 0. The number of Topliss-reactive ketones (excluding diaryl/α,β-unsaturated/α-hetero) is 1. The number of anilines is 1. The fourth-order valence-electron chi connectivity index (χ4n) is 1.71. The molecule has 2 aromatic rings. The van der Waals surface area contributed by atoms with Crippen molar-refractivity contribution < 1.29 is 9.59 Å². The van der Waals surface area contributed by atoms with Crippen molar-refractivity contribution in [1.82, 2.24) is 0 Å². The van der Waals surface area contributed by atoms with Gasteiger partial charge in [-0.3, -0.25) is 9.59 Å². The first kappa shape index (κ1) is 14.9. The maximum Gasteiger partial charge on any atom is 0.255 e. The quantitative estimate of drug-likeness (QED) is 0.620. The smallest absolute Gasteiger partial charge is 0.255 e. The molecule has 102 valence electrons. The number of carbonyl (C=O) groups excluding carboxylic acids is 2. The van der Waals surface area contributed by atoms with Gasteiger partial charge in [0.2, 0.25) is 0 Å².